The molecule has 0 amide bonds. The largest absolute Gasteiger partial charge is 0.508 e. The molecule has 1 aromatic carbocycles. The van der Waals surface area contributed by atoms with Crippen molar-refractivity contribution < 1.29 is 14.6 Å². The van der Waals surface area contributed by atoms with Crippen LogP contribution in [0.15, 0.2) is 47.7 Å². The molecule has 1 unspecified atom stereocenters. The molecule has 1 atom stereocenters. The average molecular weight is 242 g/mol. The second-order valence-electron chi connectivity index (χ2n) is 4.60. The Bertz CT molecular complexity index is 537. The van der Waals surface area contributed by atoms with Crippen LogP contribution in [-0.4, -0.2) is 10.9 Å². The van der Waals surface area contributed by atoms with Crippen molar-refractivity contribution in [3.05, 3.63) is 53.3 Å². The van der Waals surface area contributed by atoms with E-state index in [2.05, 4.69) is 0 Å². The molecule has 1 aliphatic heterocycles. The summed E-state index contributed by atoms with van der Waals surface area (Å²) in [4.78, 5) is 12.0. The molecule has 1 aliphatic carbocycles. The number of ketones is 1. The number of carbonyl (C=O) groups is 1. The fourth-order valence-corrected chi connectivity index (χ4v) is 2.38. The Balaban J connectivity index is 1.89. The third kappa shape index (κ3) is 1.92. The van der Waals surface area contributed by atoms with Crippen molar-refractivity contribution >= 4 is 5.78 Å². The number of phenols is 1. The molecule has 0 bridgehead atoms. The molecular formula is C15H14O3. The van der Waals surface area contributed by atoms with Crippen molar-refractivity contribution in [1.29, 1.82) is 0 Å². The van der Waals surface area contributed by atoms with Gasteiger partial charge in [-0.1, -0.05) is 24.3 Å². The molecule has 1 heterocycles. The van der Waals surface area contributed by atoms with Crippen LogP contribution in [0.1, 0.15) is 30.9 Å². The molecule has 92 valence electrons. The van der Waals surface area contributed by atoms with Gasteiger partial charge in [-0.05, 0) is 24.1 Å². The maximum Gasteiger partial charge on any atom is 0.170 e. The lowest BCUT2D eigenvalue weighted by Gasteiger charge is -2.28. The van der Waals surface area contributed by atoms with Crippen molar-refractivity contribution in [2.45, 2.75) is 25.4 Å². The van der Waals surface area contributed by atoms with Crippen LogP contribution in [0.3, 0.4) is 0 Å². The number of hydrogen-bond acceptors (Lipinski definition) is 3. The van der Waals surface area contributed by atoms with Crippen LogP contribution in [-0.2, 0) is 9.53 Å². The minimum Gasteiger partial charge on any atom is -0.508 e. The van der Waals surface area contributed by atoms with E-state index in [4.69, 9.17) is 4.74 Å². The van der Waals surface area contributed by atoms with Gasteiger partial charge in [0.1, 0.15) is 17.6 Å². The van der Waals surface area contributed by atoms with E-state index in [1.807, 2.05) is 12.2 Å². The number of aromatic hydroxyl groups is 1. The van der Waals surface area contributed by atoms with Crippen molar-refractivity contribution in [3.63, 3.8) is 0 Å². The molecule has 0 radical (unpaired) electrons. The SMILES string of the molecule is O=C1CC(c2ccc(O)cc2)OC2=C1C=CCC2. The van der Waals surface area contributed by atoms with Gasteiger partial charge in [0, 0.05) is 6.42 Å². The second kappa shape index (κ2) is 4.33. The first kappa shape index (κ1) is 11.1. The van der Waals surface area contributed by atoms with Gasteiger partial charge in [0.25, 0.3) is 0 Å². The van der Waals surface area contributed by atoms with Gasteiger partial charge in [-0.15, -0.1) is 0 Å². The number of benzene rings is 1. The quantitative estimate of drug-likeness (QED) is 0.823. The fraction of sp³-hybridized carbons (Fsp3) is 0.267. The zero-order chi connectivity index (χ0) is 12.5. The van der Waals surface area contributed by atoms with E-state index in [1.165, 1.54) is 0 Å². The molecule has 0 saturated carbocycles. The lowest BCUT2D eigenvalue weighted by atomic mass is 9.92. The predicted octanol–water partition coefficient (Wildman–Crippen LogP) is 3.03. The van der Waals surface area contributed by atoms with Gasteiger partial charge in [-0.25, -0.2) is 0 Å². The van der Waals surface area contributed by atoms with E-state index in [0.29, 0.717) is 6.42 Å². The highest BCUT2D eigenvalue weighted by molar-refractivity contribution is 5.99. The van der Waals surface area contributed by atoms with Gasteiger partial charge in [0.15, 0.2) is 5.78 Å². The number of Topliss-reactive ketones (excluding diaryl/α,β-unsaturated/α-hetero) is 1. The first-order chi connectivity index (χ1) is 8.74. The monoisotopic (exact) mass is 242 g/mol. The first-order valence-electron chi connectivity index (χ1n) is 6.12. The highest BCUT2D eigenvalue weighted by Crippen LogP contribution is 2.36. The van der Waals surface area contributed by atoms with Crippen LogP contribution in [0.4, 0.5) is 0 Å². The van der Waals surface area contributed by atoms with Crippen LogP contribution < -0.4 is 0 Å². The summed E-state index contributed by atoms with van der Waals surface area (Å²) in [5.41, 5.74) is 1.67. The molecule has 0 spiro atoms. The van der Waals surface area contributed by atoms with Gasteiger partial charge >= 0.3 is 0 Å². The van der Waals surface area contributed by atoms with Gasteiger partial charge < -0.3 is 9.84 Å². The van der Waals surface area contributed by atoms with E-state index >= 15 is 0 Å². The maximum atomic E-state index is 12.0. The van der Waals surface area contributed by atoms with Crippen LogP contribution in [0.2, 0.25) is 0 Å². The summed E-state index contributed by atoms with van der Waals surface area (Å²) in [5.74, 6) is 1.18. The summed E-state index contributed by atoms with van der Waals surface area (Å²) in [7, 11) is 0. The van der Waals surface area contributed by atoms with Crippen molar-refractivity contribution in [3.8, 4) is 5.75 Å². The molecule has 0 fully saturated rings. The Labute approximate surface area is 105 Å². The van der Waals surface area contributed by atoms with E-state index in [0.717, 1.165) is 29.7 Å². The van der Waals surface area contributed by atoms with E-state index < -0.39 is 0 Å². The topological polar surface area (TPSA) is 46.5 Å². The Kier molecular flexibility index (Phi) is 2.67. The van der Waals surface area contributed by atoms with Crippen molar-refractivity contribution in [2.75, 3.05) is 0 Å². The zero-order valence-electron chi connectivity index (χ0n) is 9.93. The normalized spacial score (nSPS) is 22.7. The Hall–Kier alpha value is -2.03. The molecule has 1 aromatic rings. The summed E-state index contributed by atoms with van der Waals surface area (Å²) in [6.07, 6.45) is 5.76. The number of allylic oxidation sites excluding steroid dienone is 4. The van der Waals surface area contributed by atoms with Crippen molar-refractivity contribution in [2.24, 2.45) is 0 Å². The van der Waals surface area contributed by atoms with E-state index in [1.54, 1.807) is 24.3 Å². The van der Waals surface area contributed by atoms with Crippen LogP contribution in [0, 0.1) is 0 Å². The number of hydrogen-bond donors (Lipinski definition) is 1. The standard InChI is InChI=1S/C15H14O3/c16-11-7-5-10(6-8-11)15-9-13(17)12-3-1-2-4-14(12)18-15/h1,3,5-8,15-16H,2,4,9H2. The number of carbonyl (C=O) groups excluding carboxylic acids is 1. The average Bonchev–Trinajstić information content (AvgIpc) is 2.39. The summed E-state index contributed by atoms with van der Waals surface area (Å²) in [5, 5.41) is 9.27. The molecule has 3 rings (SSSR count). The Morgan fingerprint density at radius 3 is 2.78 bits per heavy atom. The molecule has 0 aromatic heterocycles. The number of ether oxygens (including phenoxy) is 1. The fourth-order valence-electron chi connectivity index (χ4n) is 2.38. The minimum absolute atomic E-state index is 0.144. The van der Waals surface area contributed by atoms with Crippen molar-refractivity contribution in [1.82, 2.24) is 0 Å². The molecule has 18 heavy (non-hydrogen) atoms. The molecule has 1 N–H and O–H groups in total. The van der Waals surface area contributed by atoms with E-state index in [-0.39, 0.29) is 17.6 Å². The smallest absolute Gasteiger partial charge is 0.170 e. The summed E-state index contributed by atoms with van der Waals surface area (Å²) in [6, 6.07) is 6.84. The van der Waals surface area contributed by atoms with Gasteiger partial charge in [0.2, 0.25) is 0 Å². The number of phenolic OH excluding ortho intramolecular Hbond substituents is 1. The first-order valence-corrected chi connectivity index (χ1v) is 6.12. The molecule has 3 heteroatoms. The third-order valence-corrected chi connectivity index (χ3v) is 3.34. The summed E-state index contributed by atoms with van der Waals surface area (Å²) in [6.45, 7) is 0. The van der Waals surface area contributed by atoms with Gasteiger partial charge in [0.05, 0.1) is 12.0 Å². The highest BCUT2D eigenvalue weighted by Gasteiger charge is 2.29. The minimum atomic E-state index is -0.219. The molecule has 3 nitrogen and oxygen atoms in total. The second-order valence-corrected chi connectivity index (χ2v) is 4.60. The Morgan fingerprint density at radius 1 is 1.22 bits per heavy atom. The third-order valence-electron chi connectivity index (χ3n) is 3.34. The molecular weight excluding hydrogens is 228 g/mol. The van der Waals surface area contributed by atoms with Gasteiger partial charge in [-0.3, -0.25) is 4.79 Å². The summed E-state index contributed by atoms with van der Waals surface area (Å²) >= 11 is 0. The molecule has 0 saturated heterocycles. The van der Waals surface area contributed by atoms with E-state index in [9.17, 15) is 9.90 Å². The molecule has 2 aliphatic rings. The van der Waals surface area contributed by atoms with Crippen LogP contribution in [0.5, 0.6) is 5.75 Å². The van der Waals surface area contributed by atoms with Crippen LogP contribution in [0.25, 0.3) is 0 Å². The van der Waals surface area contributed by atoms with Crippen LogP contribution >= 0.6 is 0 Å². The lowest BCUT2D eigenvalue weighted by Crippen LogP contribution is -2.21. The summed E-state index contributed by atoms with van der Waals surface area (Å²) < 4.78 is 5.91. The number of rotatable bonds is 1. The Morgan fingerprint density at radius 2 is 2.00 bits per heavy atom. The lowest BCUT2D eigenvalue weighted by molar-refractivity contribution is -0.119. The maximum absolute atomic E-state index is 12.0. The zero-order valence-corrected chi connectivity index (χ0v) is 9.93. The van der Waals surface area contributed by atoms with Gasteiger partial charge in [-0.2, -0.15) is 0 Å². The highest BCUT2D eigenvalue weighted by atomic mass is 16.5. The predicted molar refractivity (Wildman–Crippen MR) is 67.0 cm³/mol.